The summed E-state index contributed by atoms with van der Waals surface area (Å²) in [4.78, 5) is 5.80. The zero-order valence-electron chi connectivity index (χ0n) is 10.9. The Morgan fingerprint density at radius 2 is 2.28 bits per heavy atom. The summed E-state index contributed by atoms with van der Waals surface area (Å²) >= 11 is 3.46. The number of nitrogens with one attached hydrogen (secondary N) is 1. The van der Waals surface area contributed by atoms with Crippen molar-refractivity contribution in [2.75, 3.05) is 13.7 Å². The van der Waals surface area contributed by atoms with Crippen molar-refractivity contribution in [2.24, 2.45) is 0 Å². The molecule has 0 aliphatic heterocycles. The molecule has 1 unspecified atom stereocenters. The molecule has 0 saturated carbocycles. The predicted octanol–water partition coefficient (Wildman–Crippen LogP) is 3.41. The second-order valence-corrected chi connectivity index (χ2v) is 5.94. The number of aryl methyl sites for hydroxylation is 1. The monoisotopic (exact) mass is 282 g/mol. The van der Waals surface area contributed by atoms with Gasteiger partial charge >= 0.3 is 0 Å². The van der Waals surface area contributed by atoms with Crippen molar-refractivity contribution in [1.29, 1.82) is 0 Å². The molecule has 0 aliphatic rings. The second-order valence-electron chi connectivity index (χ2n) is 4.05. The highest BCUT2D eigenvalue weighted by atomic mass is 32.1. The van der Waals surface area contributed by atoms with E-state index in [9.17, 15) is 0 Å². The molecule has 0 aliphatic carbocycles. The minimum absolute atomic E-state index is 0.288. The Kier molecular flexibility index (Phi) is 4.74. The van der Waals surface area contributed by atoms with Gasteiger partial charge in [0.25, 0.3) is 0 Å². The number of rotatable bonds is 6. The topological polar surface area (TPSA) is 34.2 Å². The fourth-order valence-electron chi connectivity index (χ4n) is 1.91. The van der Waals surface area contributed by atoms with E-state index in [4.69, 9.17) is 4.74 Å². The van der Waals surface area contributed by atoms with Crippen molar-refractivity contribution in [3.8, 4) is 5.75 Å². The summed E-state index contributed by atoms with van der Waals surface area (Å²) in [5.41, 5.74) is 1.10. The van der Waals surface area contributed by atoms with E-state index >= 15 is 0 Å². The van der Waals surface area contributed by atoms with Gasteiger partial charge in [-0.2, -0.15) is 0 Å². The Hall–Kier alpha value is -0.910. The van der Waals surface area contributed by atoms with E-state index in [1.807, 2.05) is 13.0 Å². The number of thiazole rings is 1. The molecule has 2 aromatic rings. The molecule has 18 heavy (non-hydrogen) atoms. The summed E-state index contributed by atoms with van der Waals surface area (Å²) in [5, 5.41) is 8.87. The minimum atomic E-state index is 0.288. The SMILES string of the molecule is CCNC(Cc1nc(C)cs1)c1sccc1OC. The summed E-state index contributed by atoms with van der Waals surface area (Å²) in [6.45, 7) is 5.10. The third-order valence-electron chi connectivity index (χ3n) is 2.69. The Morgan fingerprint density at radius 1 is 1.44 bits per heavy atom. The normalized spacial score (nSPS) is 12.6. The lowest BCUT2D eigenvalue weighted by atomic mass is 10.1. The van der Waals surface area contributed by atoms with Crippen LogP contribution in [0.3, 0.4) is 0 Å². The van der Waals surface area contributed by atoms with Crippen LogP contribution in [0.15, 0.2) is 16.8 Å². The van der Waals surface area contributed by atoms with Gasteiger partial charge < -0.3 is 10.1 Å². The third-order valence-corrected chi connectivity index (χ3v) is 4.69. The molecule has 98 valence electrons. The minimum Gasteiger partial charge on any atom is -0.496 e. The van der Waals surface area contributed by atoms with E-state index in [0.29, 0.717) is 0 Å². The van der Waals surface area contributed by atoms with Gasteiger partial charge in [0.15, 0.2) is 0 Å². The van der Waals surface area contributed by atoms with Crippen LogP contribution < -0.4 is 10.1 Å². The van der Waals surface area contributed by atoms with E-state index in [1.165, 1.54) is 9.88 Å². The van der Waals surface area contributed by atoms with Gasteiger partial charge in [-0.25, -0.2) is 4.98 Å². The molecule has 1 atom stereocenters. The Morgan fingerprint density at radius 3 is 2.89 bits per heavy atom. The highest BCUT2D eigenvalue weighted by Crippen LogP contribution is 2.33. The van der Waals surface area contributed by atoms with Crippen molar-refractivity contribution in [3.63, 3.8) is 0 Å². The fraction of sp³-hybridized carbons (Fsp3) is 0.462. The zero-order valence-corrected chi connectivity index (χ0v) is 12.5. The maximum atomic E-state index is 5.41. The first kappa shape index (κ1) is 13.5. The van der Waals surface area contributed by atoms with Crippen LogP contribution in [0, 0.1) is 6.92 Å². The van der Waals surface area contributed by atoms with E-state index in [0.717, 1.165) is 24.4 Å². The quantitative estimate of drug-likeness (QED) is 0.881. The van der Waals surface area contributed by atoms with Crippen molar-refractivity contribution >= 4 is 22.7 Å². The highest BCUT2D eigenvalue weighted by molar-refractivity contribution is 7.10. The molecule has 3 nitrogen and oxygen atoms in total. The van der Waals surface area contributed by atoms with E-state index in [-0.39, 0.29) is 6.04 Å². The van der Waals surface area contributed by atoms with Crippen LogP contribution in [0.25, 0.3) is 0 Å². The molecule has 1 N–H and O–H groups in total. The molecule has 2 rings (SSSR count). The van der Waals surface area contributed by atoms with Crippen LogP contribution in [0.2, 0.25) is 0 Å². The molecule has 0 bridgehead atoms. The molecular weight excluding hydrogens is 264 g/mol. The van der Waals surface area contributed by atoms with Crippen LogP contribution in [-0.4, -0.2) is 18.6 Å². The Balaban J connectivity index is 2.17. The first-order valence-corrected chi connectivity index (χ1v) is 7.76. The van der Waals surface area contributed by atoms with Crippen LogP contribution in [-0.2, 0) is 6.42 Å². The first-order chi connectivity index (χ1) is 8.74. The van der Waals surface area contributed by atoms with Gasteiger partial charge in [0.1, 0.15) is 5.75 Å². The number of hydrogen-bond donors (Lipinski definition) is 1. The largest absolute Gasteiger partial charge is 0.496 e. The third kappa shape index (κ3) is 3.10. The highest BCUT2D eigenvalue weighted by Gasteiger charge is 2.18. The predicted molar refractivity (Wildman–Crippen MR) is 77.8 cm³/mol. The maximum absolute atomic E-state index is 5.41. The van der Waals surface area contributed by atoms with Gasteiger partial charge in [-0.1, -0.05) is 6.92 Å². The number of thiophene rings is 1. The molecule has 0 saturated heterocycles. The summed E-state index contributed by atoms with van der Waals surface area (Å²) < 4.78 is 5.41. The van der Waals surface area contributed by atoms with Crippen molar-refractivity contribution in [1.82, 2.24) is 10.3 Å². The first-order valence-electron chi connectivity index (χ1n) is 6.00. The molecule has 2 aromatic heterocycles. The van der Waals surface area contributed by atoms with Crippen molar-refractivity contribution in [3.05, 3.63) is 32.4 Å². The van der Waals surface area contributed by atoms with Crippen LogP contribution >= 0.6 is 22.7 Å². The van der Waals surface area contributed by atoms with Crippen LogP contribution in [0.4, 0.5) is 0 Å². The molecular formula is C13H18N2OS2. The fourth-order valence-corrected chi connectivity index (χ4v) is 3.66. The van der Waals surface area contributed by atoms with Crippen LogP contribution in [0.1, 0.15) is 28.5 Å². The van der Waals surface area contributed by atoms with Crippen LogP contribution in [0.5, 0.6) is 5.75 Å². The standard InChI is InChI=1S/C13H18N2OS2/c1-4-14-10(7-12-15-9(2)8-18-12)13-11(16-3)5-6-17-13/h5-6,8,10,14H,4,7H2,1-3H3. The van der Waals surface area contributed by atoms with E-state index < -0.39 is 0 Å². The number of likely N-dealkylation sites (N-methyl/N-ethyl adjacent to an activating group) is 1. The average molecular weight is 282 g/mol. The average Bonchev–Trinajstić information content (AvgIpc) is 2.97. The lowest BCUT2D eigenvalue weighted by Crippen LogP contribution is -2.22. The summed E-state index contributed by atoms with van der Waals surface area (Å²) in [5.74, 6) is 0.972. The van der Waals surface area contributed by atoms with Gasteiger partial charge in [0.2, 0.25) is 0 Å². The van der Waals surface area contributed by atoms with E-state index in [1.54, 1.807) is 29.8 Å². The molecule has 0 fully saturated rings. The molecule has 0 aromatic carbocycles. The van der Waals surface area contributed by atoms with E-state index in [2.05, 4.69) is 28.0 Å². The van der Waals surface area contributed by atoms with Gasteiger partial charge in [-0.15, -0.1) is 22.7 Å². The summed E-state index contributed by atoms with van der Waals surface area (Å²) in [6.07, 6.45) is 0.920. The van der Waals surface area contributed by atoms with Gasteiger partial charge in [0.05, 0.1) is 23.0 Å². The zero-order chi connectivity index (χ0) is 13.0. The molecule has 0 spiro atoms. The summed E-state index contributed by atoms with van der Waals surface area (Å²) in [6, 6.07) is 2.31. The van der Waals surface area contributed by atoms with Gasteiger partial charge in [-0.3, -0.25) is 0 Å². The van der Waals surface area contributed by atoms with Crippen molar-refractivity contribution in [2.45, 2.75) is 26.3 Å². The molecule has 0 radical (unpaired) electrons. The van der Waals surface area contributed by atoms with Gasteiger partial charge in [-0.05, 0) is 24.9 Å². The smallest absolute Gasteiger partial charge is 0.134 e. The molecule has 0 amide bonds. The number of methoxy groups -OCH3 is 1. The Labute approximate surface area is 116 Å². The van der Waals surface area contributed by atoms with Gasteiger partial charge in [0, 0.05) is 17.5 Å². The van der Waals surface area contributed by atoms with Crippen molar-refractivity contribution < 1.29 is 4.74 Å². The number of nitrogens with zero attached hydrogens (tertiary/aromatic N) is 1. The molecule has 2 heterocycles. The lowest BCUT2D eigenvalue weighted by molar-refractivity contribution is 0.403. The Bertz CT molecular complexity index is 493. The number of hydrogen-bond acceptors (Lipinski definition) is 5. The number of ether oxygens (including phenoxy) is 1. The summed E-state index contributed by atoms with van der Waals surface area (Å²) in [7, 11) is 1.72. The number of aromatic nitrogens is 1. The lowest BCUT2D eigenvalue weighted by Gasteiger charge is -2.16. The maximum Gasteiger partial charge on any atom is 0.134 e. The molecule has 5 heteroatoms. The second kappa shape index (κ2) is 6.31.